The van der Waals surface area contributed by atoms with Gasteiger partial charge >= 0.3 is 0 Å². The second kappa shape index (κ2) is 7.26. The van der Waals surface area contributed by atoms with Crippen molar-refractivity contribution < 1.29 is 4.79 Å². The highest BCUT2D eigenvalue weighted by molar-refractivity contribution is 7.99. The molecule has 0 fully saturated rings. The first-order valence-electron chi connectivity index (χ1n) is 6.98. The highest BCUT2D eigenvalue weighted by atomic mass is 32.2. The van der Waals surface area contributed by atoms with E-state index < -0.39 is 0 Å². The van der Waals surface area contributed by atoms with Crippen LogP contribution in [0.1, 0.15) is 19.8 Å². The van der Waals surface area contributed by atoms with Gasteiger partial charge in [-0.25, -0.2) is 4.98 Å². The minimum atomic E-state index is -0.167. The third-order valence-corrected chi connectivity index (χ3v) is 4.09. The second-order valence-electron chi connectivity index (χ2n) is 4.76. The van der Waals surface area contributed by atoms with Gasteiger partial charge in [0.1, 0.15) is 0 Å². The molecule has 1 heterocycles. The van der Waals surface area contributed by atoms with Gasteiger partial charge < -0.3 is 9.88 Å². The topological polar surface area (TPSA) is 64.0 Å². The maximum absolute atomic E-state index is 12.2. The predicted octanol–water partition coefficient (Wildman–Crippen LogP) is 1.94. The van der Waals surface area contributed by atoms with Crippen LogP contribution in [0, 0.1) is 0 Å². The fourth-order valence-electron chi connectivity index (χ4n) is 1.94. The summed E-state index contributed by atoms with van der Waals surface area (Å²) in [6.07, 6.45) is 2.01. The normalized spacial score (nSPS) is 10.8. The molecule has 1 aromatic carbocycles. The number of hydrogen-bond donors (Lipinski definition) is 1. The van der Waals surface area contributed by atoms with Crippen molar-refractivity contribution in [3.05, 3.63) is 34.6 Å². The Hall–Kier alpha value is -1.82. The van der Waals surface area contributed by atoms with Crippen LogP contribution in [0.2, 0.25) is 0 Å². The van der Waals surface area contributed by atoms with E-state index in [0.717, 1.165) is 23.9 Å². The first-order chi connectivity index (χ1) is 10.1. The summed E-state index contributed by atoms with van der Waals surface area (Å²) in [5.41, 5.74) is 1.38. The molecule has 0 saturated heterocycles. The van der Waals surface area contributed by atoms with E-state index in [2.05, 4.69) is 17.2 Å². The molecule has 1 amide bonds. The molecule has 0 aliphatic carbocycles. The molecule has 0 bridgehead atoms. The largest absolute Gasteiger partial charge is 0.355 e. The Kier molecular flexibility index (Phi) is 5.38. The predicted molar refractivity (Wildman–Crippen MR) is 85.6 cm³/mol. The number of amides is 1. The van der Waals surface area contributed by atoms with Crippen molar-refractivity contribution in [2.45, 2.75) is 24.8 Å². The number of nitrogens with one attached hydrogen (secondary N) is 1. The Morgan fingerprint density at radius 3 is 2.90 bits per heavy atom. The Morgan fingerprint density at radius 2 is 2.14 bits per heavy atom. The summed E-state index contributed by atoms with van der Waals surface area (Å²) in [4.78, 5) is 28.2. The molecule has 6 heteroatoms. The molecule has 1 aromatic heterocycles. The van der Waals surface area contributed by atoms with Crippen LogP contribution >= 0.6 is 11.8 Å². The summed E-state index contributed by atoms with van der Waals surface area (Å²) in [6.45, 7) is 2.75. The van der Waals surface area contributed by atoms with Crippen molar-refractivity contribution in [2.24, 2.45) is 7.05 Å². The van der Waals surface area contributed by atoms with Crippen LogP contribution in [0.3, 0.4) is 0 Å². The molecule has 112 valence electrons. The maximum Gasteiger partial charge on any atom is 0.283 e. The van der Waals surface area contributed by atoms with Crippen LogP contribution in [0.4, 0.5) is 0 Å². The minimum absolute atomic E-state index is 0.0644. The van der Waals surface area contributed by atoms with Gasteiger partial charge in [-0.2, -0.15) is 0 Å². The number of fused-ring (bicyclic) bond motifs is 1. The van der Waals surface area contributed by atoms with E-state index in [4.69, 9.17) is 0 Å². The highest BCUT2D eigenvalue weighted by Crippen LogP contribution is 2.15. The van der Waals surface area contributed by atoms with E-state index in [1.54, 1.807) is 11.6 Å². The molecule has 2 rings (SSSR count). The van der Waals surface area contributed by atoms with Gasteiger partial charge in [-0.15, -0.1) is 0 Å². The van der Waals surface area contributed by atoms with Gasteiger partial charge in [0.25, 0.3) is 5.56 Å². The van der Waals surface area contributed by atoms with Crippen molar-refractivity contribution >= 4 is 28.7 Å². The fourth-order valence-corrected chi connectivity index (χ4v) is 2.73. The molecule has 0 spiro atoms. The third kappa shape index (κ3) is 3.85. The number of aromatic nitrogens is 2. The summed E-state index contributed by atoms with van der Waals surface area (Å²) >= 11 is 1.19. The molecular weight excluding hydrogens is 286 g/mol. The first-order valence-corrected chi connectivity index (χ1v) is 7.97. The van der Waals surface area contributed by atoms with Crippen molar-refractivity contribution in [1.29, 1.82) is 0 Å². The van der Waals surface area contributed by atoms with Crippen LogP contribution in [-0.2, 0) is 11.8 Å². The van der Waals surface area contributed by atoms with Gasteiger partial charge in [0, 0.05) is 13.6 Å². The lowest BCUT2D eigenvalue weighted by Crippen LogP contribution is -2.27. The van der Waals surface area contributed by atoms with Gasteiger partial charge in [-0.3, -0.25) is 9.59 Å². The van der Waals surface area contributed by atoms with Crippen LogP contribution in [0.5, 0.6) is 0 Å². The molecule has 0 aliphatic rings. The van der Waals surface area contributed by atoms with Crippen LogP contribution in [0.25, 0.3) is 11.0 Å². The number of carbonyl (C=O) groups excluding carboxylic acids is 1. The second-order valence-corrected chi connectivity index (χ2v) is 5.73. The Balaban J connectivity index is 2.10. The fraction of sp³-hybridized carbons (Fsp3) is 0.400. The van der Waals surface area contributed by atoms with Gasteiger partial charge in [-0.1, -0.05) is 37.2 Å². The molecular formula is C15H19N3O2S. The zero-order chi connectivity index (χ0) is 15.2. The minimum Gasteiger partial charge on any atom is -0.355 e. The summed E-state index contributed by atoms with van der Waals surface area (Å²) in [5, 5.41) is 3.19. The first kappa shape index (κ1) is 15.6. The number of hydrogen-bond acceptors (Lipinski definition) is 4. The number of nitrogens with zero attached hydrogens (tertiary/aromatic N) is 2. The van der Waals surface area contributed by atoms with Gasteiger partial charge in [0.15, 0.2) is 5.03 Å². The Labute approximate surface area is 127 Å². The molecule has 0 radical (unpaired) electrons. The third-order valence-electron chi connectivity index (χ3n) is 3.15. The zero-order valence-electron chi connectivity index (χ0n) is 12.3. The van der Waals surface area contributed by atoms with Gasteiger partial charge in [0.05, 0.1) is 16.8 Å². The molecule has 0 aliphatic heterocycles. The zero-order valence-corrected chi connectivity index (χ0v) is 13.1. The van der Waals surface area contributed by atoms with E-state index in [1.807, 2.05) is 24.3 Å². The number of unbranched alkanes of at least 4 members (excludes halogenated alkanes) is 1. The molecule has 1 N–H and O–H groups in total. The maximum atomic E-state index is 12.2. The van der Waals surface area contributed by atoms with Crippen molar-refractivity contribution in [3.8, 4) is 0 Å². The lowest BCUT2D eigenvalue weighted by Gasteiger charge is -2.07. The van der Waals surface area contributed by atoms with E-state index in [1.165, 1.54) is 11.8 Å². The van der Waals surface area contributed by atoms with E-state index in [9.17, 15) is 9.59 Å². The number of para-hydroxylation sites is 2. The number of rotatable bonds is 6. The molecule has 0 atom stereocenters. The van der Waals surface area contributed by atoms with Crippen molar-refractivity contribution in [2.75, 3.05) is 12.3 Å². The average Bonchev–Trinajstić information content (AvgIpc) is 2.50. The Morgan fingerprint density at radius 1 is 1.38 bits per heavy atom. The quantitative estimate of drug-likeness (QED) is 0.654. The van der Waals surface area contributed by atoms with E-state index in [0.29, 0.717) is 11.6 Å². The summed E-state index contributed by atoms with van der Waals surface area (Å²) in [7, 11) is 1.72. The molecule has 5 nitrogen and oxygen atoms in total. The van der Waals surface area contributed by atoms with E-state index in [-0.39, 0.29) is 17.2 Å². The summed E-state index contributed by atoms with van der Waals surface area (Å²) in [5.74, 6) is 0.148. The van der Waals surface area contributed by atoms with Gasteiger partial charge in [-0.05, 0) is 18.6 Å². The van der Waals surface area contributed by atoms with Crippen LogP contribution in [-0.4, -0.2) is 27.8 Å². The molecule has 0 saturated carbocycles. The standard InChI is InChI=1S/C15H19N3O2S/c1-3-4-9-16-13(19)10-21-14-15(20)18(2)12-8-6-5-7-11(12)17-14/h5-8H,3-4,9-10H2,1-2H3,(H,16,19). The van der Waals surface area contributed by atoms with Gasteiger partial charge in [0.2, 0.25) is 5.91 Å². The summed E-state index contributed by atoms with van der Waals surface area (Å²) in [6, 6.07) is 7.47. The molecule has 0 unspecified atom stereocenters. The number of carbonyl (C=O) groups is 1. The van der Waals surface area contributed by atoms with E-state index >= 15 is 0 Å². The number of thioether (sulfide) groups is 1. The van der Waals surface area contributed by atoms with Crippen LogP contribution < -0.4 is 10.9 Å². The van der Waals surface area contributed by atoms with Crippen molar-refractivity contribution in [3.63, 3.8) is 0 Å². The van der Waals surface area contributed by atoms with Crippen LogP contribution in [0.15, 0.2) is 34.1 Å². The number of benzene rings is 1. The lowest BCUT2D eigenvalue weighted by molar-refractivity contribution is -0.118. The van der Waals surface area contributed by atoms with Crippen molar-refractivity contribution in [1.82, 2.24) is 14.9 Å². The lowest BCUT2D eigenvalue weighted by atomic mass is 10.3. The number of aryl methyl sites for hydroxylation is 1. The highest BCUT2D eigenvalue weighted by Gasteiger charge is 2.10. The SMILES string of the molecule is CCCCNC(=O)CSc1nc2ccccc2n(C)c1=O. The molecule has 2 aromatic rings. The molecule has 21 heavy (non-hydrogen) atoms. The monoisotopic (exact) mass is 305 g/mol. The summed E-state index contributed by atoms with van der Waals surface area (Å²) < 4.78 is 1.57. The Bertz CT molecular complexity index is 697. The average molecular weight is 305 g/mol. The smallest absolute Gasteiger partial charge is 0.283 e.